The van der Waals surface area contributed by atoms with Crippen LogP contribution in [0.3, 0.4) is 0 Å². The van der Waals surface area contributed by atoms with Crippen LogP contribution in [0, 0.1) is 5.92 Å². The number of rotatable bonds is 7. The van der Waals surface area contributed by atoms with Gasteiger partial charge in [-0.2, -0.15) is 0 Å². The molecule has 1 aliphatic heterocycles. The first-order chi connectivity index (χ1) is 9.83. The van der Waals surface area contributed by atoms with E-state index in [1.807, 2.05) is 12.4 Å². The van der Waals surface area contributed by atoms with Crippen molar-refractivity contribution in [2.24, 2.45) is 5.92 Å². The van der Waals surface area contributed by atoms with E-state index < -0.39 is 0 Å². The fraction of sp³-hybridized carbons (Fsp3) is 0.706. The number of nitrogens with zero attached hydrogens (tertiary/aromatic N) is 2. The van der Waals surface area contributed by atoms with Crippen molar-refractivity contribution in [3.63, 3.8) is 0 Å². The van der Waals surface area contributed by atoms with Gasteiger partial charge in [0.05, 0.1) is 0 Å². The molecule has 0 spiro atoms. The zero-order valence-corrected chi connectivity index (χ0v) is 13.0. The Morgan fingerprint density at radius 3 is 2.80 bits per heavy atom. The summed E-state index contributed by atoms with van der Waals surface area (Å²) in [5.74, 6) is 0.813. The molecule has 112 valence electrons. The van der Waals surface area contributed by atoms with Crippen LogP contribution in [0.25, 0.3) is 0 Å². The van der Waals surface area contributed by atoms with E-state index in [1.165, 1.54) is 44.5 Å². The lowest BCUT2D eigenvalue weighted by Crippen LogP contribution is -2.49. The van der Waals surface area contributed by atoms with Crippen molar-refractivity contribution in [2.75, 3.05) is 26.2 Å². The van der Waals surface area contributed by atoms with Crippen molar-refractivity contribution < 1.29 is 0 Å². The molecule has 2 heterocycles. The van der Waals surface area contributed by atoms with Gasteiger partial charge in [0.25, 0.3) is 0 Å². The largest absolute Gasteiger partial charge is 0.314 e. The molecule has 0 saturated carbocycles. The molecule has 0 radical (unpaired) electrons. The molecule has 2 unspecified atom stereocenters. The molecule has 1 N–H and O–H groups in total. The average Bonchev–Trinajstić information content (AvgIpc) is 2.52. The third-order valence-corrected chi connectivity index (χ3v) is 4.47. The van der Waals surface area contributed by atoms with Crippen LogP contribution in [0.2, 0.25) is 0 Å². The van der Waals surface area contributed by atoms with E-state index in [0.717, 1.165) is 24.9 Å². The Bertz CT molecular complexity index is 366. The van der Waals surface area contributed by atoms with Gasteiger partial charge in [0, 0.05) is 31.5 Å². The van der Waals surface area contributed by atoms with Crippen molar-refractivity contribution in [3.05, 3.63) is 30.1 Å². The Balaban J connectivity index is 1.78. The van der Waals surface area contributed by atoms with E-state index in [2.05, 4.69) is 41.2 Å². The first kappa shape index (κ1) is 15.5. The second-order valence-electron chi connectivity index (χ2n) is 5.92. The second-order valence-corrected chi connectivity index (χ2v) is 5.92. The minimum atomic E-state index is 0.733. The standard InChI is InChI=1S/C17H29N3/c1-3-9-19-17-8-13-20(14-16(17)4-2)12-7-15-5-10-18-11-6-15/h5-6,10-11,16-17,19H,3-4,7-9,12-14H2,1-2H3. The van der Waals surface area contributed by atoms with E-state index in [4.69, 9.17) is 0 Å². The van der Waals surface area contributed by atoms with Crippen LogP contribution in [0.15, 0.2) is 24.5 Å². The van der Waals surface area contributed by atoms with Gasteiger partial charge in [-0.25, -0.2) is 0 Å². The molecule has 2 atom stereocenters. The highest BCUT2D eigenvalue weighted by Gasteiger charge is 2.26. The highest BCUT2D eigenvalue weighted by Crippen LogP contribution is 2.20. The highest BCUT2D eigenvalue weighted by molar-refractivity contribution is 5.10. The van der Waals surface area contributed by atoms with E-state index >= 15 is 0 Å². The van der Waals surface area contributed by atoms with Gasteiger partial charge in [0.2, 0.25) is 0 Å². The molecule has 3 heteroatoms. The smallest absolute Gasteiger partial charge is 0.0270 e. The summed E-state index contributed by atoms with van der Waals surface area (Å²) in [6, 6.07) is 5.00. The van der Waals surface area contributed by atoms with E-state index in [9.17, 15) is 0 Å². The molecule has 1 aromatic heterocycles. The minimum Gasteiger partial charge on any atom is -0.314 e. The quantitative estimate of drug-likeness (QED) is 0.829. The summed E-state index contributed by atoms with van der Waals surface area (Å²) in [5, 5.41) is 3.73. The number of aromatic nitrogens is 1. The highest BCUT2D eigenvalue weighted by atomic mass is 15.1. The molecular formula is C17H29N3. The Morgan fingerprint density at radius 2 is 2.10 bits per heavy atom. The SMILES string of the molecule is CCCNC1CCN(CCc2ccncc2)CC1CC. The van der Waals surface area contributed by atoms with E-state index in [-0.39, 0.29) is 0 Å². The molecule has 1 aromatic rings. The van der Waals surface area contributed by atoms with E-state index in [0.29, 0.717) is 0 Å². The third-order valence-electron chi connectivity index (χ3n) is 4.47. The topological polar surface area (TPSA) is 28.2 Å². The van der Waals surface area contributed by atoms with Crippen LogP contribution < -0.4 is 5.32 Å². The summed E-state index contributed by atoms with van der Waals surface area (Å²) in [7, 11) is 0. The fourth-order valence-electron chi connectivity index (χ4n) is 3.16. The molecule has 0 aromatic carbocycles. The molecule has 0 bridgehead atoms. The predicted octanol–water partition coefficient (Wildman–Crippen LogP) is 2.72. The summed E-state index contributed by atoms with van der Waals surface area (Å²) in [6.45, 7) is 9.42. The number of pyridine rings is 1. The van der Waals surface area contributed by atoms with Gasteiger partial charge in [-0.05, 0) is 56.0 Å². The van der Waals surface area contributed by atoms with Gasteiger partial charge >= 0.3 is 0 Å². The lowest BCUT2D eigenvalue weighted by Gasteiger charge is -2.39. The van der Waals surface area contributed by atoms with Crippen LogP contribution in [0.1, 0.15) is 38.7 Å². The maximum atomic E-state index is 4.08. The van der Waals surface area contributed by atoms with E-state index in [1.54, 1.807) is 0 Å². The molecule has 0 amide bonds. The van der Waals surface area contributed by atoms with Crippen LogP contribution >= 0.6 is 0 Å². The average molecular weight is 275 g/mol. The first-order valence-electron chi connectivity index (χ1n) is 8.18. The van der Waals surface area contributed by atoms with Gasteiger partial charge in [-0.1, -0.05) is 20.3 Å². The summed E-state index contributed by atoms with van der Waals surface area (Å²) in [6.07, 6.45) is 8.75. The molecule has 3 nitrogen and oxygen atoms in total. The maximum Gasteiger partial charge on any atom is 0.0270 e. The lowest BCUT2D eigenvalue weighted by atomic mass is 9.89. The molecule has 2 rings (SSSR count). The van der Waals surface area contributed by atoms with Crippen LogP contribution in [0.4, 0.5) is 0 Å². The lowest BCUT2D eigenvalue weighted by molar-refractivity contribution is 0.136. The third kappa shape index (κ3) is 4.57. The zero-order valence-electron chi connectivity index (χ0n) is 13.0. The van der Waals surface area contributed by atoms with Crippen molar-refractivity contribution in [1.29, 1.82) is 0 Å². The molecule has 1 fully saturated rings. The van der Waals surface area contributed by atoms with Crippen LogP contribution in [-0.4, -0.2) is 42.1 Å². The summed E-state index contributed by atoms with van der Waals surface area (Å²) < 4.78 is 0. The number of likely N-dealkylation sites (tertiary alicyclic amines) is 1. The number of hydrogen-bond acceptors (Lipinski definition) is 3. The summed E-state index contributed by atoms with van der Waals surface area (Å²) in [4.78, 5) is 6.72. The Hall–Kier alpha value is -0.930. The normalized spacial score (nSPS) is 23.9. The number of hydrogen-bond donors (Lipinski definition) is 1. The van der Waals surface area contributed by atoms with Gasteiger partial charge in [-0.15, -0.1) is 0 Å². The summed E-state index contributed by atoms with van der Waals surface area (Å²) >= 11 is 0. The molecule has 1 saturated heterocycles. The van der Waals surface area contributed by atoms with Crippen molar-refractivity contribution >= 4 is 0 Å². The Labute approximate surface area is 123 Å². The minimum absolute atomic E-state index is 0.733. The van der Waals surface area contributed by atoms with Crippen molar-refractivity contribution in [3.8, 4) is 0 Å². The Morgan fingerprint density at radius 1 is 1.30 bits per heavy atom. The molecule has 1 aliphatic rings. The van der Waals surface area contributed by atoms with Gasteiger partial charge in [0.1, 0.15) is 0 Å². The molecule has 0 aliphatic carbocycles. The zero-order chi connectivity index (χ0) is 14.2. The monoisotopic (exact) mass is 275 g/mol. The maximum absolute atomic E-state index is 4.08. The number of nitrogens with one attached hydrogen (secondary N) is 1. The van der Waals surface area contributed by atoms with Gasteiger partial charge in [-0.3, -0.25) is 4.98 Å². The van der Waals surface area contributed by atoms with Crippen LogP contribution in [-0.2, 0) is 6.42 Å². The summed E-state index contributed by atoms with van der Waals surface area (Å²) in [5.41, 5.74) is 1.40. The molecule has 20 heavy (non-hydrogen) atoms. The van der Waals surface area contributed by atoms with Gasteiger partial charge < -0.3 is 10.2 Å². The van der Waals surface area contributed by atoms with Crippen LogP contribution in [0.5, 0.6) is 0 Å². The number of piperidine rings is 1. The van der Waals surface area contributed by atoms with Crippen molar-refractivity contribution in [1.82, 2.24) is 15.2 Å². The fourth-order valence-corrected chi connectivity index (χ4v) is 3.16. The Kier molecular flexibility index (Phi) is 6.48. The van der Waals surface area contributed by atoms with Crippen molar-refractivity contribution in [2.45, 2.75) is 45.6 Å². The predicted molar refractivity (Wildman–Crippen MR) is 84.9 cm³/mol. The molecular weight excluding hydrogens is 246 g/mol. The first-order valence-corrected chi connectivity index (χ1v) is 8.18. The van der Waals surface area contributed by atoms with Gasteiger partial charge in [0.15, 0.2) is 0 Å². The second kappa shape index (κ2) is 8.38.